The largest absolute Gasteiger partial charge is 1.00 e. The molecule has 1 aromatic heterocycles. The van der Waals surface area contributed by atoms with E-state index in [1.807, 2.05) is 0 Å². The number of pyridine rings is 1. The van der Waals surface area contributed by atoms with Gasteiger partial charge in [-0.25, -0.2) is 0 Å². The van der Waals surface area contributed by atoms with Crippen LogP contribution in [-0.2, 0) is 17.4 Å². The Hall–Kier alpha value is -0.474. The summed E-state index contributed by atoms with van der Waals surface area (Å²) in [5, 5.41) is 10.7. The van der Waals surface area contributed by atoms with Crippen LogP contribution in [0.1, 0.15) is 11.1 Å². The van der Waals surface area contributed by atoms with E-state index in [-0.39, 0.29) is 63.2 Å². The topological polar surface area (TPSA) is 53.0 Å². The molecule has 2 rings (SSSR count). The summed E-state index contributed by atoms with van der Waals surface area (Å²) in [7, 11) is 0. The first-order chi connectivity index (χ1) is 8.36. The molecule has 0 aliphatic heterocycles. The SMILES string of the molecule is O=C([O-])Cc1ccc2ncc(C(F)(F)F)cc2c1.[K+]. The second-order valence-electron chi connectivity index (χ2n) is 3.80. The van der Waals surface area contributed by atoms with Crippen LogP contribution in [0.4, 0.5) is 13.2 Å². The molecule has 0 spiro atoms. The van der Waals surface area contributed by atoms with Crippen LogP contribution in [0.3, 0.4) is 0 Å². The minimum absolute atomic E-state index is 0. The van der Waals surface area contributed by atoms with Crippen LogP contribution < -0.4 is 56.5 Å². The van der Waals surface area contributed by atoms with Gasteiger partial charge >= 0.3 is 57.6 Å². The van der Waals surface area contributed by atoms with E-state index in [0.29, 0.717) is 11.1 Å². The van der Waals surface area contributed by atoms with Crippen molar-refractivity contribution in [3.05, 3.63) is 41.6 Å². The number of carbonyl (C=O) groups excluding carboxylic acids is 1. The number of carboxylic acid groups (broad SMARTS) is 1. The number of aliphatic carboxylic acids is 1. The van der Waals surface area contributed by atoms with Gasteiger partial charge in [0.1, 0.15) is 0 Å². The van der Waals surface area contributed by atoms with Gasteiger partial charge in [0.15, 0.2) is 0 Å². The fourth-order valence-corrected chi connectivity index (χ4v) is 1.61. The fourth-order valence-electron chi connectivity index (χ4n) is 1.61. The van der Waals surface area contributed by atoms with E-state index >= 15 is 0 Å². The molecule has 0 N–H and O–H groups in total. The average Bonchev–Trinajstić information content (AvgIpc) is 2.26. The molecule has 0 fully saturated rings. The van der Waals surface area contributed by atoms with Crippen LogP contribution in [0.25, 0.3) is 10.9 Å². The first-order valence-electron chi connectivity index (χ1n) is 5.02. The summed E-state index contributed by atoms with van der Waals surface area (Å²) in [6, 6.07) is 5.29. The number of carboxylic acids is 1. The van der Waals surface area contributed by atoms with Crippen LogP contribution >= 0.6 is 0 Å². The van der Waals surface area contributed by atoms with Crippen molar-refractivity contribution in [2.45, 2.75) is 12.6 Å². The van der Waals surface area contributed by atoms with Gasteiger partial charge < -0.3 is 9.90 Å². The Kier molecular flexibility index (Phi) is 5.51. The number of aromatic nitrogens is 1. The third-order valence-electron chi connectivity index (χ3n) is 2.42. The van der Waals surface area contributed by atoms with Gasteiger partial charge in [-0.2, -0.15) is 13.2 Å². The van der Waals surface area contributed by atoms with Gasteiger partial charge in [0.05, 0.1) is 11.1 Å². The molecule has 3 nitrogen and oxygen atoms in total. The van der Waals surface area contributed by atoms with Crippen LogP contribution in [0.2, 0.25) is 0 Å². The normalized spacial score (nSPS) is 11.1. The number of carbonyl (C=O) groups is 1. The quantitative estimate of drug-likeness (QED) is 0.637. The van der Waals surface area contributed by atoms with Crippen molar-refractivity contribution in [1.29, 1.82) is 0 Å². The molecular formula is C12H7F3KNO2. The summed E-state index contributed by atoms with van der Waals surface area (Å²) < 4.78 is 37.4. The Balaban J connectivity index is 0.00000180. The standard InChI is InChI=1S/C12H8F3NO2.K/c13-12(14,15)9-5-8-3-7(4-11(17)18)1-2-10(8)16-6-9;/h1-3,5-6H,4H2,(H,17,18);/q;+1/p-1. The van der Waals surface area contributed by atoms with Crippen LogP contribution in [0.5, 0.6) is 0 Å². The maximum absolute atomic E-state index is 12.5. The van der Waals surface area contributed by atoms with E-state index in [1.165, 1.54) is 18.2 Å². The molecule has 0 unspecified atom stereocenters. The number of alkyl halides is 3. The number of rotatable bonds is 2. The van der Waals surface area contributed by atoms with Crippen molar-refractivity contribution >= 4 is 16.9 Å². The molecular weight excluding hydrogens is 286 g/mol. The second kappa shape index (κ2) is 6.32. The Bertz CT molecular complexity index is 613. The Morgan fingerprint density at radius 1 is 1.26 bits per heavy atom. The van der Waals surface area contributed by atoms with Crippen molar-refractivity contribution in [3.63, 3.8) is 0 Å². The number of hydrogen-bond acceptors (Lipinski definition) is 3. The van der Waals surface area contributed by atoms with Crippen LogP contribution in [0.15, 0.2) is 30.5 Å². The Morgan fingerprint density at radius 2 is 1.95 bits per heavy atom. The third kappa shape index (κ3) is 4.25. The first kappa shape index (κ1) is 16.6. The minimum atomic E-state index is -4.47. The third-order valence-corrected chi connectivity index (χ3v) is 2.42. The van der Waals surface area contributed by atoms with Gasteiger partial charge in [0, 0.05) is 24.0 Å². The predicted octanol–water partition coefficient (Wildman–Crippen LogP) is -1.45. The molecule has 1 aromatic carbocycles. The number of halogens is 3. The van der Waals surface area contributed by atoms with E-state index in [9.17, 15) is 23.1 Å². The summed E-state index contributed by atoms with van der Waals surface area (Å²) in [6.07, 6.45) is -4.06. The second-order valence-corrected chi connectivity index (χ2v) is 3.80. The predicted molar refractivity (Wildman–Crippen MR) is 55.5 cm³/mol. The summed E-state index contributed by atoms with van der Waals surface area (Å²) in [4.78, 5) is 14.1. The van der Waals surface area contributed by atoms with E-state index in [1.54, 1.807) is 0 Å². The zero-order chi connectivity index (χ0) is 13.3. The fraction of sp³-hybridized carbons (Fsp3) is 0.167. The maximum atomic E-state index is 12.5. The molecule has 0 radical (unpaired) electrons. The number of nitrogens with zero attached hydrogens (tertiary/aromatic N) is 1. The average molecular weight is 293 g/mol. The van der Waals surface area contributed by atoms with Gasteiger partial charge in [-0.05, 0) is 23.8 Å². The molecule has 0 amide bonds. The van der Waals surface area contributed by atoms with Crippen molar-refractivity contribution in [3.8, 4) is 0 Å². The van der Waals surface area contributed by atoms with Gasteiger partial charge in [-0.15, -0.1) is 0 Å². The minimum Gasteiger partial charge on any atom is -0.550 e. The van der Waals surface area contributed by atoms with Gasteiger partial charge in [-0.1, -0.05) is 6.07 Å². The van der Waals surface area contributed by atoms with E-state index in [2.05, 4.69) is 4.98 Å². The van der Waals surface area contributed by atoms with Crippen molar-refractivity contribution < 1.29 is 74.5 Å². The van der Waals surface area contributed by atoms with Gasteiger partial charge in [-0.3, -0.25) is 4.98 Å². The molecule has 0 aliphatic rings. The molecule has 0 aliphatic carbocycles. The van der Waals surface area contributed by atoms with Crippen LogP contribution in [-0.4, -0.2) is 11.0 Å². The molecule has 2 aromatic rings. The smallest absolute Gasteiger partial charge is 0.550 e. The number of hydrogen-bond donors (Lipinski definition) is 0. The Labute approximate surface area is 149 Å². The van der Waals surface area contributed by atoms with Crippen molar-refractivity contribution in [1.82, 2.24) is 4.98 Å². The molecule has 1 heterocycles. The summed E-state index contributed by atoms with van der Waals surface area (Å²) in [5.74, 6) is -1.28. The van der Waals surface area contributed by atoms with Crippen molar-refractivity contribution in [2.75, 3.05) is 0 Å². The van der Waals surface area contributed by atoms with Gasteiger partial charge in [0.2, 0.25) is 0 Å². The molecule has 0 saturated carbocycles. The van der Waals surface area contributed by atoms with Crippen LogP contribution in [0, 0.1) is 0 Å². The maximum Gasteiger partial charge on any atom is 1.00 e. The van der Waals surface area contributed by atoms with E-state index in [4.69, 9.17) is 0 Å². The number of benzene rings is 1. The summed E-state index contributed by atoms with van der Waals surface area (Å²) in [6.45, 7) is 0. The van der Waals surface area contributed by atoms with Crippen molar-refractivity contribution in [2.24, 2.45) is 0 Å². The molecule has 19 heavy (non-hydrogen) atoms. The first-order valence-corrected chi connectivity index (χ1v) is 5.02. The van der Waals surface area contributed by atoms with E-state index < -0.39 is 17.7 Å². The molecule has 0 atom stereocenters. The van der Waals surface area contributed by atoms with Gasteiger partial charge in [0.25, 0.3) is 0 Å². The summed E-state index contributed by atoms with van der Waals surface area (Å²) in [5.41, 5.74) is -0.102. The molecule has 0 saturated heterocycles. The zero-order valence-electron chi connectivity index (χ0n) is 9.99. The summed E-state index contributed by atoms with van der Waals surface area (Å²) >= 11 is 0. The number of fused-ring (bicyclic) bond motifs is 1. The molecule has 7 heteroatoms. The Morgan fingerprint density at radius 3 is 2.53 bits per heavy atom. The zero-order valence-corrected chi connectivity index (χ0v) is 13.1. The van der Waals surface area contributed by atoms with E-state index in [0.717, 1.165) is 12.3 Å². The molecule has 0 bridgehead atoms. The molecule has 94 valence electrons. The monoisotopic (exact) mass is 293 g/mol.